The van der Waals surface area contributed by atoms with Crippen LogP contribution in [0.2, 0.25) is 0 Å². The van der Waals surface area contributed by atoms with Crippen molar-refractivity contribution in [1.82, 2.24) is 10.6 Å². The van der Waals surface area contributed by atoms with Crippen molar-refractivity contribution in [2.45, 2.75) is 45.1 Å². The van der Waals surface area contributed by atoms with Gasteiger partial charge in [0.15, 0.2) is 0 Å². The monoisotopic (exact) mass is 350 g/mol. The summed E-state index contributed by atoms with van der Waals surface area (Å²) in [5, 5.41) is 5.49. The summed E-state index contributed by atoms with van der Waals surface area (Å²) in [4.78, 5) is 24.1. The van der Waals surface area contributed by atoms with Crippen molar-refractivity contribution in [3.05, 3.63) is 70.8 Å². The maximum absolute atomic E-state index is 12.1. The summed E-state index contributed by atoms with van der Waals surface area (Å²) in [6, 6.07) is 16.1. The van der Waals surface area contributed by atoms with Gasteiger partial charge in [-0.2, -0.15) is 0 Å². The summed E-state index contributed by atoms with van der Waals surface area (Å²) in [6.07, 6.45) is 5.42. The van der Waals surface area contributed by atoms with Crippen LogP contribution in [-0.4, -0.2) is 18.4 Å². The summed E-state index contributed by atoms with van der Waals surface area (Å²) >= 11 is 0. The molecule has 26 heavy (non-hydrogen) atoms. The minimum absolute atomic E-state index is 0.186. The topological polar surface area (TPSA) is 58.2 Å². The molecule has 0 heterocycles. The Hall–Kier alpha value is -2.62. The third kappa shape index (κ3) is 4.72. The lowest BCUT2D eigenvalue weighted by Gasteiger charge is -2.20. The van der Waals surface area contributed by atoms with Gasteiger partial charge in [0.25, 0.3) is 0 Å². The van der Waals surface area contributed by atoms with Crippen LogP contribution in [-0.2, 0) is 28.9 Å². The minimum Gasteiger partial charge on any atom is -0.348 e. The van der Waals surface area contributed by atoms with Crippen LogP contribution in [0.3, 0.4) is 0 Å². The van der Waals surface area contributed by atoms with Gasteiger partial charge in [0.1, 0.15) is 0 Å². The first kappa shape index (κ1) is 18.2. The summed E-state index contributed by atoms with van der Waals surface area (Å²) in [6.45, 7) is 2.36. The zero-order valence-electron chi connectivity index (χ0n) is 15.3. The molecule has 1 unspecified atom stereocenters. The molecule has 4 nitrogen and oxygen atoms in total. The van der Waals surface area contributed by atoms with E-state index < -0.39 is 11.8 Å². The molecule has 0 fully saturated rings. The van der Waals surface area contributed by atoms with Crippen LogP contribution in [0.15, 0.2) is 48.5 Å². The second-order valence-electron chi connectivity index (χ2n) is 6.92. The Morgan fingerprint density at radius 2 is 1.69 bits per heavy atom. The van der Waals surface area contributed by atoms with E-state index >= 15 is 0 Å². The van der Waals surface area contributed by atoms with E-state index in [1.54, 1.807) is 0 Å². The Morgan fingerprint density at radius 3 is 2.46 bits per heavy atom. The highest BCUT2D eigenvalue weighted by Crippen LogP contribution is 2.24. The van der Waals surface area contributed by atoms with Crippen molar-refractivity contribution >= 4 is 11.8 Å². The zero-order valence-corrected chi connectivity index (χ0v) is 15.3. The van der Waals surface area contributed by atoms with Gasteiger partial charge in [-0.15, -0.1) is 0 Å². The summed E-state index contributed by atoms with van der Waals surface area (Å²) in [5.74, 6) is -1.16. The van der Waals surface area contributed by atoms with Crippen molar-refractivity contribution in [3.8, 4) is 0 Å². The van der Waals surface area contributed by atoms with Gasteiger partial charge in [-0.05, 0) is 61.3 Å². The Kier molecular flexibility index (Phi) is 6.05. The van der Waals surface area contributed by atoms with Crippen molar-refractivity contribution in [3.63, 3.8) is 0 Å². The number of hydrogen-bond donors (Lipinski definition) is 2. The number of fused-ring (bicyclic) bond motifs is 1. The van der Waals surface area contributed by atoms with Crippen LogP contribution in [0.4, 0.5) is 0 Å². The van der Waals surface area contributed by atoms with Gasteiger partial charge in [-0.3, -0.25) is 9.59 Å². The van der Waals surface area contributed by atoms with Gasteiger partial charge in [0.05, 0.1) is 6.04 Å². The smallest absolute Gasteiger partial charge is 0.309 e. The Morgan fingerprint density at radius 1 is 0.962 bits per heavy atom. The number of nitrogens with one attached hydrogen (secondary N) is 2. The molecular formula is C22H26N2O2. The highest BCUT2D eigenvalue weighted by Gasteiger charge is 2.18. The molecule has 1 aliphatic carbocycles. The Labute approximate surface area is 155 Å². The molecule has 0 aromatic heterocycles. The standard InChI is InChI=1S/C22H26N2O2/c1-16(19-12-11-18-9-5-6-10-20(18)15-19)24-22(26)21(25)23-14-13-17-7-3-2-4-8-17/h2-4,7-8,11-12,15-16H,5-6,9-10,13-14H2,1H3,(H,23,25)(H,24,26). The molecular weight excluding hydrogens is 324 g/mol. The van der Waals surface area contributed by atoms with Crippen molar-refractivity contribution in [2.75, 3.05) is 6.54 Å². The number of carbonyl (C=O) groups excluding carboxylic acids is 2. The summed E-state index contributed by atoms with van der Waals surface area (Å²) in [5.41, 5.74) is 4.98. The van der Waals surface area contributed by atoms with E-state index in [1.165, 1.54) is 24.0 Å². The predicted molar refractivity (Wildman–Crippen MR) is 103 cm³/mol. The molecule has 0 bridgehead atoms. The second-order valence-corrected chi connectivity index (χ2v) is 6.92. The highest BCUT2D eigenvalue weighted by atomic mass is 16.2. The summed E-state index contributed by atoms with van der Waals surface area (Å²) < 4.78 is 0. The van der Waals surface area contributed by atoms with Gasteiger partial charge in [-0.1, -0.05) is 48.5 Å². The number of rotatable bonds is 5. The molecule has 2 aromatic carbocycles. The third-order valence-corrected chi connectivity index (χ3v) is 4.97. The second kappa shape index (κ2) is 8.65. The average Bonchev–Trinajstić information content (AvgIpc) is 2.68. The van der Waals surface area contributed by atoms with Crippen LogP contribution < -0.4 is 10.6 Å². The van der Waals surface area contributed by atoms with Gasteiger partial charge < -0.3 is 10.6 Å². The third-order valence-electron chi connectivity index (χ3n) is 4.97. The van der Waals surface area contributed by atoms with Crippen LogP contribution in [0.5, 0.6) is 0 Å². The van der Waals surface area contributed by atoms with Crippen LogP contribution in [0, 0.1) is 0 Å². The van der Waals surface area contributed by atoms with Crippen LogP contribution in [0.1, 0.15) is 48.1 Å². The lowest BCUT2D eigenvalue weighted by atomic mass is 9.89. The van der Waals surface area contributed by atoms with Crippen molar-refractivity contribution < 1.29 is 9.59 Å². The molecule has 0 radical (unpaired) electrons. The molecule has 4 heteroatoms. The maximum atomic E-state index is 12.1. The molecule has 2 aromatic rings. The predicted octanol–water partition coefficient (Wildman–Crippen LogP) is 3.10. The van der Waals surface area contributed by atoms with E-state index in [9.17, 15) is 9.59 Å². The van der Waals surface area contributed by atoms with E-state index in [2.05, 4.69) is 28.8 Å². The van der Waals surface area contributed by atoms with Gasteiger partial charge in [0, 0.05) is 6.54 Å². The maximum Gasteiger partial charge on any atom is 0.309 e. The first-order valence-electron chi connectivity index (χ1n) is 9.38. The molecule has 0 saturated carbocycles. The molecule has 1 atom stereocenters. The van der Waals surface area contributed by atoms with E-state index in [0.717, 1.165) is 24.0 Å². The molecule has 2 N–H and O–H groups in total. The highest BCUT2D eigenvalue weighted by molar-refractivity contribution is 6.35. The molecule has 0 saturated heterocycles. The number of aryl methyl sites for hydroxylation is 2. The first-order chi connectivity index (χ1) is 12.6. The fourth-order valence-corrected chi connectivity index (χ4v) is 3.41. The van der Waals surface area contributed by atoms with Gasteiger partial charge in [-0.25, -0.2) is 0 Å². The largest absolute Gasteiger partial charge is 0.348 e. The number of hydrogen-bond acceptors (Lipinski definition) is 2. The van der Waals surface area contributed by atoms with E-state index in [1.807, 2.05) is 37.3 Å². The number of benzene rings is 2. The fourth-order valence-electron chi connectivity index (χ4n) is 3.41. The van der Waals surface area contributed by atoms with E-state index in [0.29, 0.717) is 13.0 Å². The zero-order chi connectivity index (χ0) is 18.4. The van der Waals surface area contributed by atoms with Crippen molar-refractivity contribution in [2.24, 2.45) is 0 Å². The first-order valence-corrected chi connectivity index (χ1v) is 9.38. The fraction of sp³-hybridized carbons (Fsp3) is 0.364. The normalized spacial score (nSPS) is 14.2. The number of carbonyl (C=O) groups is 2. The van der Waals surface area contributed by atoms with E-state index in [4.69, 9.17) is 0 Å². The SMILES string of the molecule is CC(NC(=O)C(=O)NCCc1ccccc1)c1ccc2c(c1)CCCC2. The molecule has 2 amide bonds. The quantitative estimate of drug-likeness (QED) is 0.814. The lowest BCUT2D eigenvalue weighted by Crippen LogP contribution is -2.41. The van der Waals surface area contributed by atoms with E-state index in [-0.39, 0.29) is 6.04 Å². The summed E-state index contributed by atoms with van der Waals surface area (Å²) in [7, 11) is 0. The average molecular weight is 350 g/mol. The van der Waals surface area contributed by atoms with Gasteiger partial charge >= 0.3 is 11.8 Å². The van der Waals surface area contributed by atoms with Crippen LogP contribution >= 0.6 is 0 Å². The van der Waals surface area contributed by atoms with Crippen LogP contribution in [0.25, 0.3) is 0 Å². The molecule has 0 aliphatic heterocycles. The van der Waals surface area contributed by atoms with Gasteiger partial charge in [0.2, 0.25) is 0 Å². The molecule has 136 valence electrons. The Bertz CT molecular complexity index is 771. The minimum atomic E-state index is -0.580. The Balaban J connectivity index is 1.49. The molecule has 0 spiro atoms. The molecule has 3 rings (SSSR count). The molecule has 1 aliphatic rings. The van der Waals surface area contributed by atoms with Crippen molar-refractivity contribution in [1.29, 1.82) is 0 Å². The number of amides is 2. The lowest BCUT2D eigenvalue weighted by molar-refractivity contribution is -0.139.